The molecule has 0 aromatic heterocycles. The summed E-state index contributed by atoms with van der Waals surface area (Å²) in [4.78, 5) is 13.0. The Bertz CT molecular complexity index is 845. The summed E-state index contributed by atoms with van der Waals surface area (Å²) in [5.41, 5.74) is 0. The summed E-state index contributed by atoms with van der Waals surface area (Å²) >= 11 is 0. The zero-order chi connectivity index (χ0) is 41.4. The molecule has 1 aliphatic rings. The van der Waals surface area contributed by atoms with Crippen molar-refractivity contribution in [3.05, 3.63) is 0 Å². The van der Waals surface area contributed by atoms with Crippen LogP contribution in [0.25, 0.3) is 0 Å². The van der Waals surface area contributed by atoms with Gasteiger partial charge >= 0.3 is 0 Å². The smallest absolute Gasteiger partial charge is 0.220 e. The van der Waals surface area contributed by atoms with E-state index in [2.05, 4.69) is 19.2 Å². The zero-order valence-electron chi connectivity index (χ0n) is 37.8. The predicted octanol–water partition coefficient (Wildman–Crippen LogP) is 12.2. The Hall–Kier alpha value is -0.770. The minimum atomic E-state index is -1.48. The van der Waals surface area contributed by atoms with Gasteiger partial charge in [-0.15, -0.1) is 0 Å². The number of nitrogens with one attached hydrogen (secondary N) is 1. The molecule has 1 aliphatic heterocycles. The SMILES string of the molecule is CCCCCCCCCCCCCCCCCCCCCCCCC(=O)N[C@@H](CCCCCCCCCCCCCCCC)CO[C@H]1O[C@H](CO)[C@H](O)[C@H](O)[C@H]1O. The van der Waals surface area contributed by atoms with Gasteiger partial charge in [-0.3, -0.25) is 4.79 Å². The number of aliphatic hydroxyl groups is 4. The van der Waals surface area contributed by atoms with Crippen LogP contribution in [0.3, 0.4) is 0 Å². The second-order valence-electron chi connectivity index (χ2n) is 17.9. The van der Waals surface area contributed by atoms with Crippen LogP contribution in [0.5, 0.6) is 0 Å². The van der Waals surface area contributed by atoms with E-state index in [1.807, 2.05) is 0 Å². The van der Waals surface area contributed by atoms with Crippen molar-refractivity contribution < 1.29 is 34.7 Å². The fourth-order valence-electron chi connectivity index (χ4n) is 8.39. The van der Waals surface area contributed by atoms with Crippen LogP contribution in [0, 0.1) is 0 Å². The van der Waals surface area contributed by atoms with Crippen molar-refractivity contribution >= 4 is 5.91 Å². The molecule has 57 heavy (non-hydrogen) atoms. The van der Waals surface area contributed by atoms with Crippen LogP contribution in [0.15, 0.2) is 0 Å². The highest BCUT2D eigenvalue weighted by Crippen LogP contribution is 2.23. The van der Waals surface area contributed by atoms with Crippen LogP contribution in [-0.2, 0) is 14.3 Å². The van der Waals surface area contributed by atoms with E-state index in [4.69, 9.17) is 9.47 Å². The maximum atomic E-state index is 13.0. The minimum Gasteiger partial charge on any atom is -0.394 e. The van der Waals surface area contributed by atoms with Crippen LogP contribution in [0.4, 0.5) is 0 Å². The topological polar surface area (TPSA) is 128 Å². The standard InChI is InChI=1S/C49H97NO7/c1-3-5-7-9-11-13-15-17-19-20-21-22-23-24-25-26-28-30-32-34-36-38-40-45(52)50-43(42-56-49-48(55)47(54)46(53)44(41-51)57-49)39-37-35-33-31-29-27-18-16-14-12-10-8-6-4-2/h43-44,46-49,51,53-55H,3-42H2,1-2H3,(H,50,52)/t43-,44+,46-,47-,48+,49-/m0/s1. The molecular formula is C49H97NO7. The lowest BCUT2D eigenvalue weighted by atomic mass is 9.99. The van der Waals surface area contributed by atoms with E-state index < -0.39 is 37.3 Å². The van der Waals surface area contributed by atoms with Crippen molar-refractivity contribution in [1.29, 1.82) is 0 Å². The van der Waals surface area contributed by atoms with Gasteiger partial charge in [0, 0.05) is 6.42 Å². The van der Waals surface area contributed by atoms with Crippen molar-refractivity contribution in [3.63, 3.8) is 0 Å². The highest BCUT2D eigenvalue weighted by Gasteiger charge is 2.44. The molecule has 0 unspecified atom stereocenters. The lowest BCUT2D eigenvalue weighted by Crippen LogP contribution is -2.59. The Morgan fingerprint density at radius 2 is 0.825 bits per heavy atom. The van der Waals surface area contributed by atoms with Gasteiger partial charge < -0.3 is 35.2 Å². The molecule has 1 heterocycles. The lowest BCUT2D eigenvalue weighted by Gasteiger charge is -2.40. The first-order valence-corrected chi connectivity index (χ1v) is 25.2. The average molecular weight is 812 g/mol. The quantitative estimate of drug-likeness (QED) is 0.0388. The number of ether oxygens (including phenoxy) is 2. The van der Waals surface area contributed by atoms with Gasteiger partial charge in [0.15, 0.2) is 6.29 Å². The molecule has 1 saturated heterocycles. The monoisotopic (exact) mass is 812 g/mol. The third-order valence-electron chi connectivity index (χ3n) is 12.3. The first-order valence-electron chi connectivity index (χ1n) is 25.2. The molecule has 8 heteroatoms. The third-order valence-corrected chi connectivity index (χ3v) is 12.3. The van der Waals surface area contributed by atoms with E-state index in [0.29, 0.717) is 6.42 Å². The fourth-order valence-corrected chi connectivity index (χ4v) is 8.39. The third kappa shape index (κ3) is 31.7. The van der Waals surface area contributed by atoms with Gasteiger partial charge in [0.2, 0.25) is 5.91 Å². The van der Waals surface area contributed by atoms with Gasteiger partial charge in [-0.25, -0.2) is 0 Å². The number of carbonyl (C=O) groups is 1. The Morgan fingerprint density at radius 1 is 0.491 bits per heavy atom. The molecule has 0 saturated carbocycles. The average Bonchev–Trinajstić information content (AvgIpc) is 3.21. The van der Waals surface area contributed by atoms with E-state index in [1.165, 1.54) is 205 Å². The Labute approximate surface area is 352 Å². The summed E-state index contributed by atoms with van der Waals surface area (Å²) in [5, 5.41) is 43.5. The summed E-state index contributed by atoms with van der Waals surface area (Å²) in [7, 11) is 0. The van der Waals surface area contributed by atoms with Gasteiger partial charge in [0.05, 0.1) is 19.3 Å². The molecule has 0 aromatic rings. The predicted molar refractivity (Wildman–Crippen MR) is 238 cm³/mol. The highest BCUT2D eigenvalue weighted by atomic mass is 16.7. The van der Waals surface area contributed by atoms with E-state index >= 15 is 0 Å². The maximum absolute atomic E-state index is 13.0. The van der Waals surface area contributed by atoms with Crippen LogP contribution < -0.4 is 5.32 Å². The molecule has 5 N–H and O–H groups in total. The molecule has 6 atom stereocenters. The highest BCUT2D eigenvalue weighted by molar-refractivity contribution is 5.76. The first kappa shape index (κ1) is 54.2. The molecule has 0 bridgehead atoms. The van der Waals surface area contributed by atoms with Gasteiger partial charge in [-0.2, -0.15) is 0 Å². The second kappa shape index (κ2) is 40.6. The molecule has 0 spiro atoms. The van der Waals surface area contributed by atoms with Crippen molar-refractivity contribution in [2.45, 2.75) is 295 Å². The number of hydrogen-bond acceptors (Lipinski definition) is 7. The van der Waals surface area contributed by atoms with Gasteiger partial charge in [-0.05, 0) is 12.8 Å². The molecule has 1 fully saturated rings. The van der Waals surface area contributed by atoms with Crippen LogP contribution >= 0.6 is 0 Å². The van der Waals surface area contributed by atoms with E-state index in [-0.39, 0.29) is 18.6 Å². The van der Waals surface area contributed by atoms with Gasteiger partial charge in [0.25, 0.3) is 0 Å². The molecule has 8 nitrogen and oxygen atoms in total. The van der Waals surface area contributed by atoms with Crippen molar-refractivity contribution in [2.75, 3.05) is 13.2 Å². The van der Waals surface area contributed by atoms with E-state index in [0.717, 1.165) is 32.1 Å². The molecule has 0 aliphatic carbocycles. The maximum Gasteiger partial charge on any atom is 0.220 e. The minimum absolute atomic E-state index is 0.0240. The number of carbonyl (C=O) groups excluding carboxylic acids is 1. The summed E-state index contributed by atoms with van der Waals surface area (Å²) in [6.07, 6.45) is 42.4. The lowest BCUT2D eigenvalue weighted by molar-refractivity contribution is -0.302. The second-order valence-corrected chi connectivity index (χ2v) is 17.9. The number of amides is 1. The molecular weight excluding hydrogens is 715 g/mol. The van der Waals surface area contributed by atoms with E-state index in [9.17, 15) is 25.2 Å². The van der Waals surface area contributed by atoms with Crippen molar-refractivity contribution in [2.24, 2.45) is 0 Å². The zero-order valence-corrected chi connectivity index (χ0v) is 37.8. The van der Waals surface area contributed by atoms with Gasteiger partial charge in [0.1, 0.15) is 24.4 Å². The Morgan fingerprint density at radius 3 is 1.18 bits per heavy atom. The summed E-state index contributed by atoms with van der Waals surface area (Å²) in [5.74, 6) is 0.0240. The number of hydrogen-bond donors (Lipinski definition) is 5. The molecule has 0 aromatic carbocycles. The summed E-state index contributed by atoms with van der Waals surface area (Å²) in [6, 6.07) is -0.234. The number of unbranched alkanes of at least 4 members (excludes halogenated alkanes) is 34. The number of rotatable bonds is 43. The molecule has 340 valence electrons. The summed E-state index contributed by atoms with van der Waals surface area (Å²) < 4.78 is 11.4. The van der Waals surface area contributed by atoms with E-state index in [1.54, 1.807) is 0 Å². The molecule has 1 rings (SSSR count). The van der Waals surface area contributed by atoms with Crippen LogP contribution in [0.1, 0.15) is 258 Å². The first-order chi connectivity index (χ1) is 27.9. The van der Waals surface area contributed by atoms with Crippen molar-refractivity contribution in [3.8, 4) is 0 Å². The number of aliphatic hydroxyl groups excluding tert-OH is 4. The fraction of sp³-hybridized carbons (Fsp3) is 0.980. The largest absolute Gasteiger partial charge is 0.394 e. The van der Waals surface area contributed by atoms with Crippen LogP contribution in [0.2, 0.25) is 0 Å². The van der Waals surface area contributed by atoms with Gasteiger partial charge in [-0.1, -0.05) is 239 Å². The Kier molecular flexibility index (Phi) is 38.7. The molecule has 1 amide bonds. The Balaban J connectivity index is 2.16. The van der Waals surface area contributed by atoms with Crippen LogP contribution in [-0.4, -0.2) is 76.3 Å². The van der Waals surface area contributed by atoms with Crippen molar-refractivity contribution in [1.82, 2.24) is 5.32 Å². The molecule has 0 radical (unpaired) electrons. The normalized spacial score (nSPS) is 20.3. The summed E-state index contributed by atoms with van der Waals surface area (Å²) in [6.45, 7) is 4.19.